The van der Waals surface area contributed by atoms with Crippen LogP contribution in [0.4, 0.5) is 0 Å². The van der Waals surface area contributed by atoms with Crippen LogP contribution in [0.25, 0.3) is 6.08 Å². The van der Waals surface area contributed by atoms with Crippen LogP contribution < -0.4 is 0 Å². The maximum Gasteiger partial charge on any atom is 0.695 e. The molecular weight excluding hydrogens is 399 g/mol. The highest BCUT2D eigenvalue weighted by Crippen LogP contribution is 2.40. The van der Waals surface area contributed by atoms with Gasteiger partial charge in [-0.05, 0) is 48.4 Å². The van der Waals surface area contributed by atoms with Crippen molar-refractivity contribution in [1.29, 1.82) is 0 Å². The van der Waals surface area contributed by atoms with Crippen LogP contribution in [0.5, 0.6) is 5.75 Å². The van der Waals surface area contributed by atoms with Gasteiger partial charge in [0, 0.05) is 15.7 Å². The van der Waals surface area contributed by atoms with E-state index >= 15 is 0 Å². The second kappa shape index (κ2) is 11.2. The number of phenolic OH excluding ortho intramolecular Hbond substituents is 1. The summed E-state index contributed by atoms with van der Waals surface area (Å²) in [4.78, 5) is 21.2. The summed E-state index contributed by atoms with van der Waals surface area (Å²) in [5.41, 5.74) is 0.438. The topological polar surface area (TPSA) is 83.8 Å². The van der Waals surface area contributed by atoms with E-state index in [-0.39, 0.29) is 16.6 Å². The van der Waals surface area contributed by atoms with E-state index in [0.29, 0.717) is 0 Å². The molecule has 0 heterocycles. The zero-order valence-electron chi connectivity index (χ0n) is 20.3. The summed E-state index contributed by atoms with van der Waals surface area (Å²) in [6.07, 6.45) is 5.62. The van der Waals surface area contributed by atoms with Crippen LogP contribution in [0.3, 0.4) is 0 Å². The van der Waals surface area contributed by atoms with Gasteiger partial charge in [0.2, 0.25) is 0 Å². The van der Waals surface area contributed by atoms with E-state index in [4.69, 9.17) is 9.42 Å². The molecule has 0 saturated heterocycles. The molecule has 0 aromatic heterocycles. The molecule has 30 heavy (non-hydrogen) atoms. The Morgan fingerprint density at radius 2 is 1.37 bits per heavy atom. The summed E-state index contributed by atoms with van der Waals surface area (Å²) < 4.78 is 15.6. The number of carbonyl (C=O) groups is 1. The van der Waals surface area contributed by atoms with E-state index in [1.54, 1.807) is 6.08 Å². The number of ketones is 1. The Kier molecular flexibility index (Phi) is 10.6. The van der Waals surface area contributed by atoms with E-state index < -0.39 is 19.6 Å². The first-order valence-electron chi connectivity index (χ1n) is 10.4. The van der Waals surface area contributed by atoms with E-state index in [0.717, 1.165) is 16.7 Å². The van der Waals surface area contributed by atoms with Crippen molar-refractivity contribution < 1.29 is 23.9 Å². The van der Waals surface area contributed by atoms with Crippen LogP contribution in [-0.4, -0.2) is 21.4 Å². The number of benzene rings is 1. The Balaban J connectivity index is 0.00000192. The summed E-state index contributed by atoms with van der Waals surface area (Å²) in [6.45, 7) is 19.3. The lowest BCUT2D eigenvalue weighted by atomic mass is 9.78. The smallest absolute Gasteiger partial charge is 0.507 e. The van der Waals surface area contributed by atoms with Gasteiger partial charge in [0.15, 0.2) is 11.4 Å². The number of aromatic hydroxyl groups is 1. The van der Waals surface area contributed by atoms with Gasteiger partial charge in [0.1, 0.15) is 5.75 Å². The molecule has 1 unspecified atom stereocenters. The molecule has 1 atom stereocenters. The van der Waals surface area contributed by atoms with Gasteiger partial charge in [-0.3, -0.25) is 4.79 Å². The van der Waals surface area contributed by atoms with Crippen molar-refractivity contribution in [2.45, 2.75) is 98.5 Å². The molecule has 6 heteroatoms. The lowest BCUT2D eigenvalue weighted by Gasteiger charge is -2.28. The number of hydrogen-bond donors (Lipinski definition) is 2. The fraction of sp³-hybridized carbons (Fsp3) is 0.625. The zero-order chi connectivity index (χ0) is 23.9. The Labute approximate surface area is 183 Å². The van der Waals surface area contributed by atoms with E-state index in [2.05, 4.69) is 13.8 Å². The van der Waals surface area contributed by atoms with Gasteiger partial charge in [-0.25, -0.2) is 0 Å². The van der Waals surface area contributed by atoms with Crippen LogP contribution in [0.2, 0.25) is 0 Å². The zero-order valence-corrected chi connectivity index (χ0v) is 21.2. The Morgan fingerprint density at radius 1 is 0.967 bits per heavy atom. The standard InChI is InChI=1S/C20H29O5P.C4H10/c1-18(2,3)14-11-13(12-15(17(14)22)19(4,5)6)9-10-16(21)20(7,8)25-26(23)24;1-3-4-2/h9-12H,1-8H3,(H-,21,22,23,24);3-4H2,1-2H3/p+1. The molecule has 1 rings (SSSR count). The number of unbranched alkanes of at least 4 members (excludes halogenated alkanes) is 1. The van der Waals surface area contributed by atoms with E-state index in [1.807, 2.05) is 53.7 Å². The lowest BCUT2D eigenvalue weighted by molar-refractivity contribution is -0.126. The van der Waals surface area contributed by atoms with Crippen molar-refractivity contribution in [2.75, 3.05) is 0 Å². The molecule has 0 spiro atoms. The Morgan fingerprint density at radius 3 is 1.67 bits per heavy atom. The normalized spacial score (nSPS) is 13.1. The molecule has 0 amide bonds. The van der Waals surface area contributed by atoms with Gasteiger partial charge in [0.05, 0.1) is 0 Å². The molecule has 0 aliphatic rings. The third-order valence-corrected chi connectivity index (χ3v) is 5.19. The molecule has 0 aliphatic heterocycles. The van der Waals surface area contributed by atoms with E-state index in [9.17, 15) is 14.5 Å². The molecule has 0 aliphatic carbocycles. The van der Waals surface area contributed by atoms with Gasteiger partial charge < -0.3 is 5.11 Å². The molecule has 170 valence electrons. The molecule has 2 N–H and O–H groups in total. The maximum atomic E-state index is 12.3. The largest absolute Gasteiger partial charge is 0.695 e. The molecule has 0 fully saturated rings. The monoisotopic (exact) mass is 439 g/mol. The van der Waals surface area contributed by atoms with Crippen molar-refractivity contribution in [3.63, 3.8) is 0 Å². The third kappa shape index (κ3) is 9.07. The second-order valence-corrected chi connectivity index (χ2v) is 10.7. The molecular formula is C24H40O5P+. The van der Waals surface area contributed by atoms with Crippen molar-refractivity contribution >= 4 is 20.1 Å². The molecule has 0 bridgehead atoms. The summed E-state index contributed by atoms with van der Waals surface area (Å²) in [7, 11) is -2.87. The summed E-state index contributed by atoms with van der Waals surface area (Å²) in [5.74, 6) is -0.146. The SMILES string of the molecule is CC(C)(O[P+](=O)O)C(=O)/C=C/c1cc(C(C)(C)C)c(O)c(C(C)(C)C)c1.CCCC. The fourth-order valence-electron chi connectivity index (χ4n) is 2.51. The lowest BCUT2D eigenvalue weighted by Crippen LogP contribution is -2.31. The van der Waals surface area contributed by atoms with Crippen LogP contribution in [0.1, 0.15) is 98.8 Å². The van der Waals surface area contributed by atoms with Crippen molar-refractivity contribution in [3.8, 4) is 5.75 Å². The first-order valence-corrected chi connectivity index (χ1v) is 11.6. The number of carbonyl (C=O) groups excluding carboxylic acids is 1. The van der Waals surface area contributed by atoms with Gasteiger partial charge in [-0.2, -0.15) is 0 Å². The van der Waals surface area contributed by atoms with Gasteiger partial charge in [-0.15, -0.1) is 9.42 Å². The van der Waals surface area contributed by atoms with Crippen LogP contribution in [-0.2, 0) is 24.7 Å². The maximum absolute atomic E-state index is 12.3. The third-order valence-electron chi connectivity index (χ3n) is 4.58. The predicted octanol–water partition coefficient (Wildman–Crippen LogP) is 6.82. The molecule has 1 aromatic rings. The number of rotatable bonds is 6. The number of phenols is 1. The van der Waals surface area contributed by atoms with Crippen molar-refractivity contribution in [2.24, 2.45) is 0 Å². The summed E-state index contributed by atoms with van der Waals surface area (Å²) in [6, 6.07) is 3.71. The molecule has 5 nitrogen and oxygen atoms in total. The minimum atomic E-state index is -2.87. The summed E-state index contributed by atoms with van der Waals surface area (Å²) >= 11 is 0. The van der Waals surface area contributed by atoms with Gasteiger partial charge in [-0.1, -0.05) is 74.3 Å². The fourth-order valence-corrected chi connectivity index (χ4v) is 2.99. The first-order chi connectivity index (χ1) is 13.5. The highest BCUT2D eigenvalue weighted by Gasteiger charge is 2.36. The highest BCUT2D eigenvalue weighted by atomic mass is 31.1. The second-order valence-electron chi connectivity index (χ2n) is 10.0. The average Bonchev–Trinajstić information content (AvgIpc) is 2.57. The quantitative estimate of drug-likeness (QED) is 0.375. The van der Waals surface area contributed by atoms with Crippen LogP contribution in [0, 0.1) is 0 Å². The highest BCUT2D eigenvalue weighted by molar-refractivity contribution is 7.32. The van der Waals surface area contributed by atoms with Crippen LogP contribution in [0.15, 0.2) is 18.2 Å². The van der Waals surface area contributed by atoms with Gasteiger partial charge >= 0.3 is 8.25 Å². The molecule has 0 radical (unpaired) electrons. The number of hydrogen-bond acceptors (Lipinski definition) is 4. The molecule has 1 aromatic carbocycles. The minimum Gasteiger partial charge on any atom is -0.507 e. The van der Waals surface area contributed by atoms with Gasteiger partial charge in [0.25, 0.3) is 0 Å². The minimum absolute atomic E-state index is 0.268. The van der Waals surface area contributed by atoms with Crippen LogP contribution >= 0.6 is 8.25 Å². The summed E-state index contributed by atoms with van der Waals surface area (Å²) in [5, 5.41) is 10.7. The van der Waals surface area contributed by atoms with Crippen molar-refractivity contribution in [3.05, 3.63) is 34.9 Å². The molecule has 0 saturated carbocycles. The van der Waals surface area contributed by atoms with Crippen molar-refractivity contribution in [1.82, 2.24) is 0 Å². The average molecular weight is 440 g/mol. The first kappa shape index (κ1) is 28.5. The Hall–Kier alpha value is -1.55. The Bertz CT molecular complexity index is 728. The van der Waals surface area contributed by atoms with E-state index in [1.165, 1.54) is 32.8 Å². The predicted molar refractivity (Wildman–Crippen MR) is 125 cm³/mol.